The average Bonchev–Trinajstić information content (AvgIpc) is 2.28. The minimum atomic E-state index is -0.533. The van der Waals surface area contributed by atoms with Crippen LogP contribution in [-0.4, -0.2) is 24.4 Å². The lowest BCUT2D eigenvalue weighted by Crippen LogP contribution is -2.35. The Morgan fingerprint density at radius 2 is 2.14 bits per heavy atom. The van der Waals surface area contributed by atoms with E-state index in [1.807, 2.05) is 27.7 Å². The number of carbonyl (C=O) groups is 1. The second kappa shape index (κ2) is 3.51. The fraction of sp³-hybridized carbons (Fsp3) is 0.900. The summed E-state index contributed by atoms with van der Waals surface area (Å²) in [5.41, 5.74) is 4.75. The molecule has 1 aliphatic heterocycles. The van der Waals surface area contributed by atoms with Crippen LogP contribution in [0.1, 0.15) is 34.1 Å². The Kier molecular flexibility index (Phi) is 2.88. The minimum absolute atomic E-state index is 0.0347. The van der Waals surface area contributed by atoms with Crippen LogP contribution in [0.25, 0.3) is 0 Å². The van der Waals surface area contributed by atoms with Gasteiger partial charge in [-0.1, -0.05) is 13.8 Å². The van der Waals surface area contributed by atoms with Crippen LogP contribution < -0.4 is 5.73 Å². The summed E-state index contributed by atoms with van der Waals surface area (Å²) in [6.45, 7) is 7.91. The Hall–Kier alpha value is -0.610. The van der Waals surface area contributed by atoms with Crippen molar-refractivity contribution in [2.45, 2.75) is 46.0 Å². The molecule has 1 fully saturated rings. The lowest BCUT2D eigenvalue weighted by Gasteiger charge is -2.24. The van der Waals surface area contributed by atoms with Crippen molar-refractivity contribution in [3.63, 3.8) is 0 Å². The first-order chi connectivity index (χ1) is 6.23. The lowest BCUT2D eigenvalue weighted by atomic mass is 9.86. The Labute approximate surface area is 84.7 Å². The van der Waals surface area contributed by atoms with Gasteiger partial charge in [0.25, 0.3) is 0 Å². The molecule has 0 spiro atoms. The molecule has 1 saturated heterocycles. The molecule has 1 aliphatic rings. The topological polar surface area (TPSA) is 61.5 Å². The summed E-state index contributed by atoms with van der Waals surface area (Å²) in [6.07, 6.45) is 0.568. The van der Waals surface area contributed by atoms with Crippen LogP contribution >= 0.6 is 0 Å². The summed E-state index contributed by atoms with van der Waals surface area (Å²) < 4.78 is 11.0. The maximum Gasteiger partial charge on any atom is 0.223 e. The first-order valence-corrected chi connectivity index (χ1v) is 4.85. The van der Waals surface area contributed by atoms with E-state index in [1.54, 1.807) is 0 Å². The Bertz CT molecular complexity index is 236. The lowest BCUT2D eigenvalue weighted by molar-refractivity contribution is -0.145. The number of amides is 1. The van der Waals surface area contributed by atoms with Crippen LogP contribution in [0.4, 0.5) is 0 Å². The second-order valence-electron chi connectivity index (χ2n) is 4.90. The monoisotopic (exact) mass is 201 g/mol. The van der Waals surface area contributed by atoms with Gasteiger partial charge in [-0.05, 0) is 20.3 Å². The molecule has 1 heterocycles. The van der Waals surface area contributed by atoms with Crippen molar-refractivity contribution in [3.8, 4) is 0 Å². The van der Waals surface area contributed by atoms with Gasteiger partial charge in [0.1, 0.15) is 0 Å². The number of nitrogens with two attached hydrogens (primary N) is 1. The summed E-state index contributed by atoms with van der Waals surface area (Å²) in [5.74, 6) is -0.830. The van der Waals surface area contributed by atoms with E-state index in [2.05, 4.69) is 0 Å². The molecule has 0 radical (unpaired) electrons. The summed E-state index contributed by atoms with van der Waals surface area (Å²) in [7, 11) is 0. The summed E-state index contributed by atoms with van der Waals surface area (Å²) in [5, 5.41) is 0. The smallest absolute Gasteiger partial charge is 0.223 e. The standard InChI is InChI=1S/C10H19NO3/c1-9(2,8(11)12)5-7-6-13-10(3,4)14-7/h7H,5-6H2,1-4H3,(H2,11,12). The molecule has 82 valence electrons. The molecule has 0 aromatic carbocycles. The third-order valence-corrected chi connectivity index (χ3v) is 2.47. The molecule has 1 rings (SSSR count). The van der Waals surface area contributed by atoms with Crippen LogP contribution in [-0.2, 0) is 14.3 Å². The second-order valence-corrected chi connectivity index (χ2v) is 4.90. The zero-order chi connectivity index (χ0) is 11.0. The summed E-state index contributed by atoms with van der Waals surface area (Å²) >= 11 is 0. The van der Waals surface area contributed by atoms with Gasteiger partial charge < -0.3 is 15.2 Å². The molecule has 14 heavy (non-hydrogen) atoms. The van der Waals surface area contributed by atoms with Crippen LogP contribution in [0.15, 0.2) is 0 Å². The number of primary amides is 1. The van der Waals surface area contributed by atoms with Crippen LogP contribution in [0.2, 0.25) is 0 Å². The number of hydrogen-bond acceptors (Lipinski definition) is 3. The molecule has 0 saturated carbocycles. The third kappa shape index (κ3) is 2.69. The highest BCUT2D eigenvalue weighted by Gasteiger charge is 2.37. The van der Waals surface area contributed by atoms with E-state index in [1.165, 1.54) is 0 Å². The molecule has 0 aliphatic carbocycles. The van der Waals surface area contributed by atoms with E-state index >= 15 is 0 Å². The van der Waals surface area contributed by atoms with E-state index < -0.39 is 11.2 Å². The molecule has 4 heteroatoms. The van der Waals surface area contributed by atoms with E-state index in [-0.39, 0.29) is 12.0 Å². The van der Waals surface area contributed by atoms with Crippen molar-refractivity contribution in [2.75, 3.05) is 6.61 Å². The van der Waals surface area contributed by atoms with Crippen molar-refractivity contribution < 1.29 is 14.3 Å². The molecule has 1 amide bonds. The fourth-order valence-electron chi connectivity index (χ4n) is 1.53. The highest BCUT2D eigenvalue weighted by Crippen LogP contribution is 2.30. The van der Waals surface area contributed by atoms with Gasteiger partial charge in [-0.15, -0.1) is 0 Å². The molecular weight excluding hydrogens is 182 g/mol. The van der Waals surface area contributed by atoms with E-state index in [9.17, 15) is 4.79 Å². The molecule has 0 aromatic heterocycles. The molecule has 4 nitrogen and oxygen atoms in total. The quantitative estimate of drug-likeness (QED) is 0.742. The van der Waals surface area contributed by atoms with E-state index in [0.717, 1.165) is 0 Å². The largest absolute Gasteiger partial charge is 0.369 e. The highest BCUT2D eigenvalue weighted by molar-refractivity contribution is 5.79. The molecule has 2 N–H and O–H groups in total. The van der Waals surface area contributed by atoms with Gasteiger partial charge in [-0.2, -0.15) is 0 Å². The molecule has 0 aromatic rings. The number of rotatable bonds is 3. The Morgan fingerprint density at radius 1 is 1.57 bits per heavy atom. The van der Waals surface area contributed by atoms with Crippen LogP contribution in [0, 0.1) is 5.41 Å². The van der Waals surface area contributed by atoms with Crippen LogP contribution in [0.5, 0.6) is 0 Å². The zero-order valence-corrected chi connectivity index (χ0v) is 9.29. The van der Waals surface area contributed by atoms with Gasteiger partial charge in [0.15, 0.2) is 5.79 Å². The maximum atomic E-state index is 11.1. The highest BCUT2D eigenvalue weighted by atomic mass is 16.7. The zero-order valence-electron chi connectivity index (χ0n) is 9.29. The first kappa shape index (κ1) is 11.5. The first-order valence-electron chi connectivity index (χ1n) is 4.85. The van der Waals surface area contributed by atoms with E-state index in [0.29, 0.717) is 13.0 Å². The Morgan fingerprint density at radius 3 is 2.50 bits per heavy atom. The number of ether oxygens (including phenoxy) is 2. The molecular formula is C10H19NO3. The summed E-state index contributed by atoms with van der Waals surface area (Å²) in [6, 6.07) is 0. The fourth-order valence-corrected chi connectivity index (χ4v) is 1.53. The predicted molar refractivity (Wildman–Crippen MR) is 52.5 cm³/mol. The normalized spacial score (nSPS) is 26.4. The van der Waals surface area contributed by atoms with Crippen molar-refractivity contribution in [2.24, 2.45) is 11.1 Å². The molecule has 1 atom stereocenters. The maximum absolute atomic E-state index is 11.1. The van der Waals surface area contributed by atoms with Crippen molar-refractivity contribution in [1.82, 2.24) is 0 Å². The predicted octanol–water partition coefficient (Wildman–Crippen LogP) is 1.04. The van der Waals surface area contributed by atoms with Gasteiger partial charge >= 0.3 is 0 Å². The van der Waals surface area contributed by atoms with Crippen LogP contribution in [0.3, 0.4) is 0 Å². The van der Waals surface area contributed by atoms with Gasteiger partial charge in [0.2, 0.25) is 5.91 Å². The summed E-state index contributed by atoms with van der Waals surface area (Å²) in [4.78, 5) is 11.1. The van der Waals surface area contributed by atoms with Gasteiger partial charge in [0, 0.05) is 5.41 Å². The third-order valence-electron chi connectivity index (χ3n) is 2.47. The van der Waals surface area contributed by atoms with Crippen molar-refractivity contribution in [3.05, 3.63) is 0 Å². The van der Waals surface area contributed by atoms with Gasteiger partial charge in [-0.3, -0.25) is 4.79 Å². The minimum Gasteiger partial charge on any atom is -0.369 e. The molecule has 0 bridgehead atoms. The SMILES string of the molecule is CC1(C)OCC(CC(C)(C)C(N)=O)O1. The van der Waals surface area contributed by atoms with Gasteiger partial charge in [-0.25, -0.2) is 0 Å². The Balaban J connectivity index is 2.51. The average molecular weight is 201 g/mol. The van der Waals surface area contributed by atoms with Gasteiger partial charge in [0.05, 0.1) is 12.7 Å². The van der Waals surface area contributed by atoms with Crippen molar-refractivity contribution >= 4 is 5.91 Å². The number of carbonyl (C=O) groups excluding carboxylic acids is 1. The van der Waals surface area contributed by atoms with Crippen molar-refractivity contribution in [1.29, 1.82) is 0 Å². The van der Waals surface area contributed by atoms with E-state index in [4.69, 9.17) is 15.2 Å². The number of hydrogen-bond donors (Lipinski definition) is 1. The molecule has 1 unspecified atom stereocenters.